The fraction of sp³-hybridized carbons (Fsp3) is 0.275. The number of nitrogens with one attached hydrogen (secondary N) is 1. The van der Waals surface area contributed by atoms with Gasteiger partial charge in [0.05, 0.1) is 43.7 Å². The third-order valence-corrected chi connectivity index (χ3v) is 8.31. The fourth-order valence-electron chi connectivity index (χ4n) is 5.46. The van der Waals surface area contributed by atoms with Crippen molar-refractivity contribution in [1.29, 1.82) is 0 Å². The average molecular weight is 727 g/mol. The summed E-state index contributed by atoms with van der Waals surface area (Å²) in [7, 11) is -0.527. The van der Waals surface area contributed by atoms with Crippen molar-refractivity contribution in [1.82, 2.24) is 10.3 Å². The zero-order valence-electron chi connectivity index (χ0n) is 30.0. The fourth-order valence-corrected chi connectivity index (χ4v) is 5.81. The number of amides is 1. The van der Waals surface area contributed by atoms with E-state index in [1.165, 1.54) is 6.07 Å². The van der Waals surface area contributed by atoms with E-state index in [2.05, 4.69) is 10.3 Å². The maximum atomic E-state index is 13.8. The summed E-state index contributed by atoms with van der Waals surface area (Å²) in [4.78, 5) is 32.2. The second-order valence-electron chi connectivity index (χ2n) is 13.2. The number of carbonyl (C=O) groups excluding carboxylic acids is 2. The molecule has 5 rings (SSSR count). The predicted molar refractivity (Wildman–Crippen MR) is 198 cm³/mol. The number of pyridine rings is 1. The number of aromatic nitrogens is 1. The molecular weight excluding hydrogens is 685 g/mol. The van der Waals surface area contributed by atoms with Crippen LogP contribution in [0.2, 0.25) is 0 Å². The number of rotatable bonds is 14. The molecule has 0 saturated heterocycles. The Morgan fingerprint density at radius 1 is 0.808 bits per heavy atom. The van der Waals surface area contributed by atoms with Crippen LogP contribution in [0.15, 0.2) is 97.1 Å². The van der Waals surface area contributed by atoms with Gasteiger partial charge in [-0.3, -0.25) is 8.98 Å². The first-order valence-electron chi connectivity index (χ1n) is 16.5. The number of carbonyl (C=O) groups is 2. The Balaban J connectivity index is 1.46. The SMILES string of the molecule is COC[C@H](Cc1ccc(OC(C)(C)C)cc1)NC(=O)c1cc(C(=O)Oc2ccc(OC)cc2)c2cc(-c3cccc(COS(C)(=O)=O)c3)ccc2n1. The van der Waals surface area contributed by atoms with Crippen molar-refractivity contribution < 1.29 is 41.1 Å². The second kappa shape index (κ2) is 16.4. The van der Waals surface area contributed by atoms with Crippen LogP contribution in [0.3, 0.4) is 0 Å². The van der Waals surface area contributed by atoms with Gasteiger partial charge in [0.1, 0.15) is 28.5 Å². The van der Waals surface area contributed by atoms with E-state index in [0.29, 0.717) is 28.6 Å². The monoisotopic (exact) mass is 726 g/mol. The van der Waals surface area contributed by atoms with Gasteiger partial charge in [-0.25, -0.2) is 9.78 Å². The average Bonchev–Trinajstić information content (AvgIpc) is 3.10. The first-order valence-corrected chi connectivity index (χ1v) is 18.3. The molecule has 0 radical (unpaired) electrons. The van der Waals surface area contributed by atoms with E-state index in [9.17, 15) is 18.0 Å². The number of fused-ring (bicyclic) bond motifs is 1. The highest BCUT2D eigenvalue weighted by Crippen LogP contribution is 2.29. The van der Waals surface area contributed by atoms with Crippen LogP contribution >= 0.6 is 0 Å². The normalized spacial score (nSPS) is 12.3. The molecule has 0 fully saturated rings. The summed E-state index contributed by atoms with van der Waals surface area (Å²) >= 11 is 0. The van der Waals surface area contributed by atoms with E-state index >= 15 is 0 Å². The largest absolute Gasteiger partial charge is 0.497 e. The lowest BCUT2D eigenvalue weighted by molar-refractivity contribution is 0.0736. The molecule has 0 spiro atoms. The topological polar surface area (TPSA) is 139 Å². The second-order valence-corrected chi connectivity index (χ2v) is 14.9. The van der Waals surface area contributed by atoms with Crippen molar-refractivity contribution in [2.75, 3.05) is 27.1 Å². The summed E-state index contributed by atoms with van der Waals surface area (Å²) < 4.78 is 50.4. The van der Waals surface area contributed by atoms with Gasteiger partial charge in [-0.15, -0.1) is 0 Å². The maximum Gasteiger partial charge on any atom is 0.344 e. The molecule has 11 nitrogen and oxygen atoms in total. The van der Waals surface area contributed by atoms with Crippen LogP contribution in [0, 0.1) is 0 Å². The number of nitrogens with zero attached hydrogens (tertiary/aromatic N) is 1. The Morgan fingerprint density at radius 3 is 2.13 bits per heavy atom. The van der Waals surface area contributed by atoms with E-state index < -0.39 is 28.0 Å². The van der Waals surface area contributed by atoms with Crippen molar-refractivity contribution in [3.8, 4) is 28.4 Å². The van der Waals surface area contributed by atoms with Crippen LogP contribution in [0.1, 0.15) is 52.7 Å². The third kappa shape index (κ3) is 10.6. The Morgan fingerprint density at radius 2 is 1.48 bits per heavy atom. The number of benzene rings is 4. The van der Waals surface area contributed by atoms with E-state index in [-0.39, 0.29) is 35.8 Å². The summed E-state index contributed by atoms with van der Waals surface area (Å²) in [6, 6.07) is 27.8. The predicted octanol–water partition coefficient (Wildman–Crippen LogP) is 6.77. The number of esters is 1. The molecule has 12 heteroatoms. The van der Waals surface area contributed by atoms with Gasteiger partial charge in [0, 0.05) is 12.5 Å². The summed E-state index contributed by atoms with van der Waals surface area (Å²) in [5.41, 5.74) is 3.32. The molecule has 1 amide bonds. The molecule has 0 aliphatic rings. The van der Waals surface area contributed by atoms with E-state index in [1.54, 1.807) is 68.8 Å². The van der Waals surface area contributed by atoms with E-state index in [1.807, 2.05) is 57.2 Å². The molecule has 0 bridgehead atoms. The van der Waals surface area contributed by atoms with Crippen molar-refractivity contribution in [2.45, 2.75) is 45.4 Å². The minimum Gasteiger partial charge on any atom is -0.497 e. The smallest absolute Gasteiger partial charge is 0.344 e. The third-order valence-electron chi connectivity index (χ3n) is 7.76. The van der Waals surface area contributed by atoms with Crippen LogP contribution in [-0.2, 0) is 32.1 Å². The minimum absolute atomic E-state index is 0.0249. The molecule has 0 unspecified atom stereocenters. The molecule has 0 aliphatic carbocycles. The zero-order chi connectivity index (χ0) is 37.5. The summed E-state index contributed by atoms with van der Waals surface area (Å²) in [5.74, 6) is 0.454. The molecule has 5 aromatic rings. The molecule has 4 aromatic carbocycles. The van der Waals surface area contributed by atoms with Crippen molar-refractivity contribution in [3.05, 3.63) is 119 Å². The van der Waals surface area contributed by atoms with Gasteiger partial charge >= 0.3 is 5.97 Å². The lowest BCUT2D eigenvalue weighted by atomic mass is 9.99. The lowest BCUT2D eigenvalue weighted by Crippen LogP contribution is -2.40. The molecule has 1 atom stereocenters. The van der Waals surface area contributed by atoms with Crippen molar-refractivity contribution in [2.24, 2.45) is 0 Å². The molecule has 1 aromatic heterocycles. The first-order chi connectivity index (χ1) is 24.7. The summed E-state index contributed by atoms with van der Waals surface area (Å²) in [5, 5.41) is 3.47. The van der Waals surface area contributed by atoms with E-state index in [4.69, 9.17) is 23.1 Å². The van der Waals surface area contributed by atoms with Crippen molar-refractivity contribution >= 4 is 32.9 Å². The molecule has 0 aliphatic heterocycles. The minimum atomic E-state index is -3.63. The van der Waals surface area contributed by atoms with Gasteiger partial charge < -0.3 is 24.3 Å². The Hall–Kier alpha value is -5.30. The quantitative estimate of drug-likeness (QED) is 0.0741. The Kier molecular flexibility index (Phi) is 11.9. The number of hydrogen-bond donors (Lipinski definition) is 1. The van der Waals surface area contributed by atoms with Crippen LogP contribution in [0.25, 0.3) is 22.0 Å². The van der Waals surface area contributed by atoms with Gasteiger partial charge in [-0.1, -0.05) is 36.4 Å². The van der Waals surface area contributed by atoms with Gasteiger partial charge in [0.25, 0.3) is 16.0 Å². The maximum absolute atomic E-state index is 13.8. The standard InChI is InChI=1S/C40H42N2O9S/c1-40(2,3)51-33-13-10-26(11-14-33)21-30(25-47-4)41-38(43)37-23-35(39(44)50-32-17-15-31(48-5)16-18-32)34-22-29(12-19-36(34)42-37)28-9-7-8-27(20-28)24-49-52(6,45)46/h7-20,22-23,30H,21,24-25H2,1-6H3,(H,41,43)/t30-/m0/s1. The highest BCUT2D eigenvalue weighted by atomic mass is 32.2. The number of methoxy groups -OCH3 is 2. The van der Waals surface area contributed by atoms with Crippen LogP contribution in [0.4, 0.5) is 0 Å². The molecule has 0 saturated carbocycles. The Bertz CT molecular complexity index is 2140. The molecule has 1 N–H and O–H groups in total. The van der Waals surface area contributed by atoms with E-state index in [0.717, 1.165) is 28.7 Å². The van der Waals surface area contributed by atoms with Gasteiger partial charge in [-0.2, -0.15) is 8.42 Å². The molecular formula is C40H42N2O9S. The van der Waals surface area contributed by atoms with Crippen LogP contribution in [0.5, 0.6) is 17.2 Å². The summed E-state index contributed by atoms with van der Waals surface area (Å²) in [6.45, 7) is 6.06. The lowest BCUT2D eigenvalue weighted by Gasteiger charge is -2.22. The van der Waals surface area contributed by atoms with Gasteiger partial charge in [0.2, 0.25) is 0 Å². The first kappa shape index (κ1) is 37.9. The van der Waals surface area contributed by atoms with Crippen molar-refractivity contribution in [3.63, 3.8) is 0 Å². The highest BCUT2D eigenvalue weighted by Gasteiger charge is 2.22. The summed E-state index contributed by atoms with van der Waals surface area (Å²) in [6.07, 6.45) is 1.47. The number of ether oxygens (including phenoxy) is 4. The highest BCUT2D eigenvalue weighted by molar-refractivity contribution is 7.85. The molecule has 1 heterocycles. The number of hydrogen-bond acceptors (Lipinski definition) is 10. The molecule has 272 valence electrons. The van der Waals surface area contributed by atoms with Gasteiger partial charge in [-0.05, 0) is 110 Å². The zero-order valence-corrected chi connectivity index (χ0v) is 30.8. The van der Waals surface area contributed by atoms with Gasteiger partial charge in [0.15, 0.2) is 0 Å². The van der Waals surface area contributed by atoms with Crippen LogP contribution in [-0.4, -0.2) is 64.0 Å². The van der Waals surface area contributed by atoms with Crippen LogP contribution < -0.4 is 19.5 Å². The molecule has 52 heavy (non-hydrogen) atoms. The Labute approximate surface area is 304 Å².